The molecule has 0 amide bonds. The van der Waals surface area contributed by atoms with Crippen LogP contribution in [-0.2, 0) is 6.54 Å². The second-order valence-electron chi connectivity index (χ2n) is 4.98. The number of nitrogens with one attached hydrogen (secondary N) is 1. The maximum atomic E-state index is 12.2. The largest absolute Gasteiger partial charge is 0.422 e. The molecule has 0 aliphatic carbocycles. The van der Waals surface area contributed by atoms with Crippen LogP contribution in [0, 0.1) is 11.3 Å². The summed E-state index contributed by atoms with van der Waals surface area (Å²) < 4.78 is 5.33. The summed E-state index contributed by atoms with van der Waals surface area (Å²) in [6.07, 6.45) is 2.75. The minimum atomic E-state index is -0.467. The van der Waals surface area contributed by atoms with E-state index in [1.807, 2.05) is 54.6 Å². The smallest absolute Gasteiger partial charge is 0.345 e. The van der Waals surface area contributed by atoms with Gasteiger partial charge >= 0.3 is 5.63 Å². The Balaban J connectivity index is 2.09. The van der Waals surface area contributed by atoms with E-state index < -0.39 is 5.63 Å². The third-order valence-corrected chi connectivity index (χ3v) is 3.48. The summed E-state index contributed by atoms with van der Waals surface area (Å²) in [5.41, 5.74) is 2.17. The zero-order valence-corrected chi connectivity index (χ0v) is 12.3. The molecule has 0 saturated heterocycles. The molecule has 1 aromatic heterocycles. The molecule has 2 aromatic carbocycles. The SMILES string of the molecule is N#C/C=C/c1c(NCc2ccccc2)c2ccccc2oc1=O. The average molecular weight is 302 g/mol. The van der Waals surface area contributed by atoms with Crippen molar-refractivity contribution < 1.29 is 4.42 Å². The van der Waals surface area contributed by atoms with Crippen molar-refractivity contribution >= 4 is 22.7 Å². The Kier molecular flexibility index (Phi) is 4.21. The van der Waals surface area contributed by atoms with E-state index in [1.165, 1.54) is 12.2 Å². The van der Waals surface area contributed by atoms with Crippen LogP contribution in [0.25, 0.3) is 17.0 Å². The van der Waals surface area contributed by atoms with E-state index >= 15 is 0 Å². The number of para-hydroxylation sites is 1. The zero-order chi connectivity index (χ0) is 16.1. The van der Waals surface area contributed by atoms with E-state index in [-0.39, 0.29) is 0 Å². The zero-order valence-electron chi connectivity index (χ0n) is 12.3. The van der Waals surface area contributed by atoms with E-state index in [1.54, 1.807) is 6.07 Å². The number of anilines is 1. The highest BCUT2D eigenvalue weighted by molar-refractivity contribution is 5.94. The Labute approximate surface area is 133 Å². The van der Waals surface area contributed by atoms with Crippen molar-refractivity contribution in [2.24, 2.45) is 0 Å². The summed E-state index contributed by atoms with van der Waals surface area (Å²) in [7, 11) is 0. The normalized spacial score (nSPS) is 10.7. The third-order valence-electron chi connectivity index (χ3n) is 3.48. The maximum absolute atomic E-state index is 12.2. The fraction of sp³-hybridized carbons (Fsp3) is 0.0526. The van der Waals surface area contributed by atoms with Gasteiger partial charge in [-0.15, -0.1) is 0 Å². The van der Waals surface area contributed by atoms with Crippen molar-refractivity contribution in [2.75, 3.05) is 5.32 Å². The molecule has 3 rings (SSSR count). The summed E-state index contributed by atoms with van der Waals surface area (Å²) in [5, 5.41) is 12.8. The van der Waals surface area contributed by atoms with Crippen LogP contribution in [-0.4, -0.2) is 0 Å². The minimum absolute atomic E-state index is 0.348. The molecule has 4 nitrogen and oxygen atoms in total. The van der Waals surface area contributed by atoms with Crippen LogP contribution < -0.4 is 10.9 Å². The molecule has 0 saturated carbocycles. The standard InChI is InChI=1S/C19H14N2O2/c20-12-6-10-16-18(21-13-14-7-2-1-3-8-14)15-9-4-5-11-17(15)23-19(16)22/h1-11,21H,13H2/b10-6+. The molecule has 0 fully saturated rings. The number of hydrogen-bond donors (Lipinski definition) is 1. The summed E-state index contributed by atoms with van der Waals surface area (Å²) in [6, 6.07) is 19.1. The van der Waals surface area contributed by atoms with Gasteiger partial charge < -0.3 is 9.73 Å². The van der Waals surface area contributed by atoms with Crippen LogP contribution in [0.1, 0.15) is 11.1 Å². The second-order valence-corrected chi connectivity index (χ2v) is 4.98. The Bertz CT molecular complexity index is 951. The van der Waals surface area contributed by atoms with Crippen LogP contribution in [0.4, 0.5) is 5.69 Å². The van der Waals surface area contributed by atoms with Crippen molar-refractivity contribution in [1.82, 2.24) is 0 Å². The van der Waals surface area contributed by atoms with Gasteiger partial charge in [0.25, 0.3) is 0 Å². The van der Waals surface area contributed by atoms with E-state index in [2.05, 4.69) is 5.32 Å². The number of fused-ring (bicyclic) bond motifs is 1. The molecule has 3 aromatic rings. The van der Waals surface area contributed by atoms with Crippen molar-refractivity contribution in [3.05, 3.63) is 82.2 Å². The molecule has 0 radical (unpaired) electrons. The van der Waals surface area contributed by atoms with Crippen LogP contribution >= 0.6 is 0 Å². The van der Waals surface area contributed by atoms with Crippen LogP contribution in [0.2, 0.25) is 0 Å². The predicted molar refractivity (Wildman–Crippen MR) is 90.9 cm³/mol. The van der Waals surface area contributed by atoms with Crippen molar-refractivity contribution in [1.29, 1.82) is 5.26 Å². The quantitative estimate of drug-likeness (QED) is 0.585. The number of benzene rings is 2. The molecule has 0 aliphatic heterocycles. The van der Waals surface area contributed by atoms with Gasteiger partial charge in [0, 0.05) is 18.0 Å². The number of allylic oxidation sites excluding steroid dienone is 1. The number of nitriles is 1. The lowest BCUT2D eigenvalue weighted by atomic mass is 10.1. The summed E-state index contributed by atoms with van der Waals surface area (Å²) in [5.74, 6) is 0. The van der Waals surface area contributed by atoms with Gasteiger partial charge in [0.15, 0.2) is 0 Å². The minimum Gasteiger partial charge on any atom is -0.422 e. The number of rotatable bonds is 4. The Morgan fingerprint density at radius 2 is 1.83 bits per heavy atom. The van der Waals surface area contributed by atoms with E-state index in [9.17, 15) is 4.79 Å². The molecule has 1 N–H and O–H groups in total. The lowest BCUT2D eigenvalue weighted by molar-refractivity contribution is 0.560. The van der Waals surface area contributed by atoms with Crippen molar-refractivity contribution in [3.8, 4) is 6.07 Å². The fourth-order valence-electron chi connectivity index (χ4n) is 2.41. The van der Waals surface area contributed by atoms with Gasteiger partial charge in [-0.2, -0.15) is 5.26 Å². The van der Waals surface area contributed by atoms with Gasteiger partial charge in [0.1, 0.15) is 5.58 Å². The fourth-order valence-corrected chi connectivity index (χ4v) is 2.41. The second kappa shape index (κ2) is 6.63. The highest BCUT2D eigenvalue weighted by Crippen LogP contribution is 2.26. The molecule has 0 atom stereocenters. The molecule has 0 unspecified atom stereocenters. The highest BCUT2D eigenvalue weighted by Gasteiger charge is 2.12. The Morgan fingerprint density at radius 1 is 1.09 bits per heavy atom. The van der Waals surface area contributed by atoms with Gasteiger partial charge in [-0.25, -0.2) is 4.79 Å². The van der Waals surface area contributed by atoms with Gasteiger partial charge in [-0.3, -0.25) is 0 Å². The maximum Gasteiger partial charge on any atom is 0.345 e. The molecule has 112 valence electrons. The topological polar surface area (TPSA) is 66.0 Å². The van der Waals surface area contributed by atoms with Crippen LogP contribution in [0.3, 0.4) is 0 Å². The molecular weight excluding hydrogens is 288 g/mol. The lowest BCUT2D eigenvalue weighted by Gasteiger charge is -2.12. The van der Waals surface area contributed by atoms with Crippen LogP contribution in [0.5, 0.6) is 0 Å². The van der Waals surface area contributed by atoms with Gasteiger partial charge in [0.2, 0.25) is 0 Å². The summed E-state index contributed by atoms with van der Waals surface area (Å²) in [4.78, 5) is 12.2. The number of hydrogen-bond acceptors (Lipinski definition) is 4. The summed E-state index contributed by atoms with van der Waals surface area (Å²) in [6.45, 7) is 0.571. The first-order valence-electron chi connectivity index (χ1n) is 7.19. The monoisotopic (exact) mass is 302 g/mol. The molecule has 4 heteroatoms. The number of nitrogens with zero attached hydrogens (tertiary/aromatic N) is 1. The first-order valence-corrected chi connectivity index (χ1v) is 7.19. The van der Waals surface area contributed by atoms with Crippen molar-refractivity contribution in [2.45, 2.75) is 6.54 Å². The first kappa shape index (κ1) is 14.6. The average Bonchev–Trinajstić information content (AvgIpc) is 2.59. The van der Waals surface area contributed by atoms with E-state index in [4.69, 9.17) is 9.68 Å². The highest BCUT2D eigenvalue weighted by atomic mass is 16.4. The Hall–Kier alpha value is -3.32. The van der Waals surface area contributed by atoms with Crippen molar-refractivity contribution in [3.63, 3.8) is 0 Å². The predicted octanol–water partition coefficient (Wildman–Crippen LogP) is 3.94. The van der Waals surface area contributed by atoms with E-state index in [0.29, 0.717) is 23.4 Å². The third kappa shape index (κ3) is 3.14. The molecule has 23 heavy (non-hydrogen) atoms. The van der Waals surface area contributed by atoms with Crippen LogP contribution in [0.15, 0.2) is 69.9 Å². The Morgan fingerprint density at radius 3 is 2.61 bits per heavy atom. The molecule has 0 aliphatic rings. The molecular formula is C19H14N2O2. The first-order chi connectivity index (χ1) is 11.3. The molecule has 0 spiro atoms. The molecule has 0 bridgehead atoms. The van der Waals surface area contributed by atoms with E-state index in [0.717, 1.165) is 10.9 Å². The summed E-state index contributed by atoms with van der Waals surface area (Å²) >= 11 is 0. The lowest BCUT2D eigenvalue weighted by Crippen LogP contribution is -2.10. The van der Waals surface area contributed by atoms with Gasteiger partial charge in [0.05, 0.1) is 17.3 Å². The van der Waals surface area contributed by atoms with Gasteiger partial charge in [-0.1, -0.05) is 42.5 Å². The van der Waals surface area contributed by atoms with Gasteiger partial charge in [-0.05, 0) is 23.8 Å². The molecule has 1 heterocycles.